The van der Waals surface area contributed by atoms with Gasteiger partial charge in [-0.1, -0.05) is 28.1 Å². The molecule has 0 aliphatic rings. The van der Waals surface area contributed by atoms with E-state index in [-0.39, 0.29) is 28.5 Å². The topological polar surface area (TPSA) is 274 Å². The van der Waals surface area contributed by atoms with Crippen LogP contribution < -0.4 is 41.4 Å². The maximum Gasteiger partial charge on any atom is 0.257 e. The van der Waals surface area contributed by atoms with Crippen LogP contribution in [0, 0.1) is 41.5 Å². The van der Waals surface area contributed by atoms with Gasteiger partial charge in [-0.05, 0) is 65.8 Å². The minimum Gasteiger partial charge on any atom is -0.494 e. The van der Waals surface area contributed by atoms with Gasteiger partial charge >= 0.3 is 0 Å². The maximum absolute atomic E-state index is 12.9. The summed E-state index contributed by atoms with van der Waals surface area (Å²) in [4.78, 5) is 60.0. The maximum atomic E-state index is 12.9. The SMILES string of the molecule is CNC(=O)c1cnc(Nc2cc(C)nc(C)n2)cc1Nc1cccc(-c2n[nH]c(C)n2)c1OC.CNC(=O)c1cnc(Nc2cc(C)nc(C)n2)cc1Nc1cccc(-c2nc(C)n(CC(F)F)n2)c1OC.FC(F)CBr. The molecule has 22 nitrogen and oxygen atoms in total. The summed E-state index contributed by atoms with van der Waals surface area (Å²) in [6.07, 6.45) is -1.82. The van der Waals surface area contributed by atoms with Gasteiger partial charge in [0.25, 0.3) is 18.2 Å². The smallest absolute Gasteiger partial charge is 0.257 e. The number of carbonyl (C=O) groups excluding carboxylic acids is 2. The van der Waals surface area contributed by atoms with Crippen LogP contribution in [0.3, 0.4) is 0 Å². The molecule has 0 spiro atoms. The highest BCUT2D eigenvalue weighted by Gasteiger charge is 2.22. The van der Waals surface area contributed by atoms with Gasteiger partial charge < -0.3 is 41.4 Å². The molecular formula is C50H55BrF4N18O4. The molecule has 7 N–H and O–H groups in total. The van der Waals surface area contributed by atoms with Crippen LogP contribution in [-0.2, 0) is 6.54 Å². The van der Waals surface area contributed by atoms with Crippen molar-refractivity contribution < 1.29 is 36.6 Å². The molecule has 0 fully saturated rings. The third-order valence-corrected chi connectivity index (χ3v) is 11.0. The van der Waals surface area contributed by atoms with Crippen molar-refractivity contribution in [3.8, 4) is 34.3 Å². The molecule has 0 aliphatic heterocycles. The lowest BCUT2D eigenvalue weighted by Gasteiger charge is -2.17. The molecule has 2 amide bonds. The monoisotopic (exact) mass is 1130 g/mol. The summed E-state index contributed by atoms with van der Waals surface area (Å²) in [5.74, 6) is 5.43. The number of amides is 2. The van der Waals surface area contributed by atoms with Gasteiger partial charge in [0, 0.05) is 62.1 Å². The third-order valence-electron chi connectivity index (χ3n) is 10.5. The average Bonchev–Trinajstić information content (AvgIpc) is 3.99. The molecule has 0 atom stereocenters. The quantitative estimate of drug-likeness (QED) is 0.0330. The number of nitrogens with one attached hydrogen (secondary N) is 7. The van der Waals surface area contributed by atoms with Crippen molar-refractivity contribution in [1.29, 1.82) is 0 Å². The van der Waals surface area contributed by atoms with E-state index in [2.05, 4.69) is 103 Å². The van der Waals surface area contributed by atoms with Gasteiger partial charge in [-0.2, -0.15) is 10.2 Å². The number of aromatic nitrogens is 12. The van der Waals surface area contributed by atoms with Crippen molar-refractivity contribution >= 4 is 73.8 Å². The first kappa shape index (κ1) is 57.4. The summed E-state index contributed by atoms with van der Waals surface area (Å²) in [7, 11) is 6.14. The van der Waals surface area contributed by atoms with E-state index < -0.39 is 19.4 Å². The summed E-state index contributed by atoms with van der Waals surface area (Å²) >= 11 is 2.56. The first-order valence-electron chi connectivity index (χ1n) is 23.3. The zero-order valence-corrected chi connectivity index (χ0v) is 45.0. The number of halogens is 5. The van der Waals surface area contributed by atoms with E-state index in [1.807, 2.05) is 52.0 Å². The van der Waals surface area contributed by atoms with Crippen LogP contribution in [-0.4, -0.2) is 118 Å². The van der Waals surface area contributed by atoms with Crippen LogP contribution in [0.2, 0.25) is 0 Å². The number of rotatable bonds is 17. The van der Waals surface area contributed by atoms with Crippen molar-refractivity contribution in [3.05, 3.63) is 119 Å². The number of aryl methyl sites for hydroxylation is 6. The number of alkyl halides is 5. The summed E-state index contributed by atoms with van der Waals surface area (Å²) < 4.78 is 59.8. The molecule has 0 saturated carbocycles. The molecule has 0 radical (unpaired) electrons. The lowest BCUT2D eigenvalue weighted by Crippen LogP contribution is -2.19. The highest BCUT2D eigenvalue weighted by molar-refractivity contribution is 9.09. The summed E-state index contributed by atoms with van der Waals surface area (Å²) in [5.41, 5.74) is 5.59. The number of pyridine rings is 2. The third kappa shape index (κ3) is 15.4. The van der Waals surface area contributed by atoms with Crippen LogP contribution in [0.15, 0.2) is 73.1 Å². The Morgan fingerprint density at radius 3 is 1.47 bits per heavy atom. The van der Waals surface area contributed by atoms with Gasteiger partial charge in [-0.3, -0.25) is 14.7 Å². The molecule has 0 bridgehead atoms. The van der Waals surface area contributed by atoms with Crippen molar-refractivity contribution in [2.45, 2.75) is 60.9 Å². The second kappa shape index (κ2) is 26.6. The fraction of sp³-hybridized carbons (Fsp3) is 0.280. The number of hydrogen-bond donors (Lipinski definition) is 7. The molecule has 8 aromatic rings. The zero-order chi connectivity index (χ0) is 55.9. The van der Waals surface area contributed by atoms with Crippen molar-refractivity contribution in [2.24, 2.45) is 0 Å². The Bertz CT molecular complexity index is 3300. The normalized spacial score (nSPS) is 10.7. The lowest BCUT2D eigenvalue weighted by molar-refractivity contribution is 0.0955. The molecule has 2 aromatic carbocycles. The Kier molecular flexibility index (Phi) is 19.8. The van der Waals surface area contributed by atoms with Gasteiger partial charge in [0.1, 0.15) is 53.1 Å². The van der Waals surface area contributed by atoms with Crippen LogP contribution in [0.4, 0.5) is 63.6 Å². The number of nitrogens with zero attached hydrogens (tertiary/aromatic N) is 11. The van der Waals surface area contributed by atoms with Crippen LogP contribution >= 0.6 is 15.9 Å². The van der Waals surface area contributed by atoms with Gasteiger partial charge in [0.05, 0.1) is 64.6 Å². The molecule has 404 valence electrons. The summed E-state index contributed by atoms with van der Waals surface area (Å²) in [6, 6.07) is 17.8. The van der Waals surface area contributed by atoms with Crippen LogP contribution in [0.5, 0.6) is 11.5 Å². The molecule has 6 heterocycles. The van der Waals surface area contributed by atoms with E-state index in [1.165, 1.54) is 26.6 Å². The standard InChI is InChI=1S/C25H27F2N9O2.C23H25N9O2.C2H3BrF2/c1-13-9-22(31-14(2)30-13)34-21-10-19(17(11-29-21)25(37)28-4)33-18-8-6-7-16(23(18)38-5)24-32-15(3)36(35-24)12-20(26)27;1-12-9-20(27-13(2)26-12)30-19-10-18(16(11-25-19)23(33)24-4)29-17-8-6-7-15(21(17)34-5)22-28-14(3)31-32-22;3-1-2(4)5/h6-11,20H,12H2,1-5H3,(H,28,37)(H2,29,30,31,33,34);6-11H,1-5H3,(H,24,33)(H,28,31,32)(H2,25,26,27,29,30);2H,1H2. The van der Waals surface area contributed by atoms with Crippen LogP contribution in [0.25, 0.3) is 22.8 Å². The zero-order valence-electron chi connectivity index (χ0n) is 43.4. The number of carbonyl (C=O) groups is 2. The summed E-state index contributed by atoms with van der Waals surface area (Å²) in [5, 5.41) is 29.2. The van der Waals surface area contributed by atoms with E-state index in [4.69, 9.17) is 9.47 Å². The molecule has 6 aromatic heterocycles. The number of para-hydroxylation sites is 2. The molecular weight excluding hydrogens is 1070 g/mol. The number of ether oxygens (including phenoxy) is 2. The minimum atomic E-state index is -2.56. The second-order valence-electron chi connectivity index (χ2n) is 16.4. The Morgan fingerprint density at radius 1 is 0.610 bits per heavy atom. The van der Waals surface area contributed by atoms with Crippen molar-refractivity contribution in [1.82, 2.24) is 70.5 Å². The number of benzene rings is 2. The highest BCUT2D eigenvalue weighted by atomic mass is 79.9. The second-order valence-corrected chi connectivity index (χ2v) is 17.0. The van der Waals surface area contributed by atoms with Crippen molar-refractivity contribution in [2.75, 3.05) is 54.9 Å². The average molecular weight is 1130 g/mol. The molecule has 27 heteroatoms. The number of hydrogen-bond acceptors (Lipinski definition) is 18. The largest absolute Gasteiger partial charge is 0.494 e. The highest BCUT2D eigenvalue weighted by Crippen LogP contribution is 2.39. The molecule has 0 saturated heterocycles. The Balaban J connectivity index is 0.000000230. The first-order valence-corrected chi connectivity index (χ1v) is 24.4. The Morgan fingerprint density at radius 2 is 1.08 bits per heavy atom. The summed E-state index contributed by atoms with van der Waals surface area (Å²) in [6.45, 7) is 10.2. The van der Waals surface area contributed by atoms with Gasteiger partial charge in [0.2, 0.25) is 6.43 Å². The molecule has 0 unspecified atom stereocenters. The number of aromatic amines is 1. The van der Waals surface area contributed by atoms with E-state index in [0.717, 1.165) is 16.1 Å². The fourth-order valence-corrected chi connectivity index (χ4v) is 7.36. The minimum absolute atomic E-state index is 0.215. The Labute approximate surface area is 448 Å². The number of anilines is 8. The van der Waals surface area contributed by atoms with E-state index in [0.29, 0.717) is 103 Å². The van der Waals surface area contributed by atoms with Gasteiger partial charge in [-0.15, -0.1) is 0 Å². The molecule has 8 rings (SSSR count). The van der Waals surface area contributed by atoms with Crippen molar-refractivity contribution in [3.63, 3.8) is 0 Å². The van der Waals surface area contributed by atoms with E-state index in [9.17, 15) is 27.2 Å². The Hall–Kier alpha value is -8.88. The van der Waals surface area contributed by atoms with E-state index in [1.54, 1.807) is 64.4 Å². The van der Waals surface area contributed by atoms with E-state index >= 15 is 0 Å². The lowest BCUT2D eigenvalue weighted by atomic mass is 10.1. The van der Waals surface area contributed by atoms with Gasteiger partial charge in [0.15, 0.2) is 23.1 Å². The first-order chi connectivity index (χ1) is 36.8. The van der Waals surface area contributed by atoms with Gasteiger partial charge in [-0.25, -0.2) is 62.1 Å². The predicted octanol–water partition coefficient (Wildman–Crippen LogP) is 9.26. The fourth-order valence-electron chi connectivity index (χ4n) is 7.36. The predicted molar refractivity (Wildman–Crippen MR) is 287 cm³/mol. The molecule has 77 heavy (non-hydrogen) atoms. The number of methoxy groups -OCH3 is 2. The number of H-pyrrole nitrogens is 1. The van der Waals surface area contributed by atoms with Crippen LogP contribution in [0.1, 0.15) is 55.4 Å². The molecule has 0 aliphatic carbocycles.